The van der Waals surface area contributed by atoms with Crippen molar-refractivity contribution >= 4 is 27.5 Å². The third kappa shape index (κ3) is 4.35. The Bertz CT molecular complexity index is 1140. The second-order valence-electron chi connectivity index (χ2n) is 6.54. The highest BCUT2D eigenvalue weighted by Crippen LogP contribution is 2.26. The van der Waals surface area contributed by atoms with Gasteiger partial charge in [-0.05, 0) is 37.1 Å². The normalized spacial score (nSPS) is 14.8. The molecule has 3 heterocycles. The van der Waals surface area contributed by atoms with Crippen LogP contribution in [0.15, 0.2) is 56.9 Å². The third-order valence-electron chi connectivity index (χ3n) is 4.55. The first-order valence-electron chi connectivity index (χ1n) is 9.10. The van der Waals surface area contributed by atoms with E-state index in [1.165, 1.54) is 34.4 Å². The average molecular weight is 447 g/mol. The number of hydrogen-bond acceptors (Lipinski definition) is 9. The van der Waals surface area contributed by atoms with Crippen LogP contribution >= 0.6 is 11.8 Å². The van der Waals surface area contributed by atoms with Crippen LogP contribution in [0, 0.1) is 10.1 Å². The largest absolute Gasteiger partial charge is 0.420 e. The molecule has 10 nitrogen and oxygen atoms in total. The van der Waals surface area contributed by atoms with Crippen molar-refractivity contribution < 1.29 is 17.8 Å². The maximum absolute atomic E-state index is 12.5. The molecule has 0 radical (unpaired) electrons. The summed E-state index contributed by atoms with van der Waals surface area (Å²) in [5.74, 6) is 0.981. The quantitative estimate of drug-likeness (QED) is 0.304. The molecule has 156 valence electrons. The van der Waals surface area contributed by atoms with Gasteiger partial charge in [-0.1, -0.05) is 11.8 Å². The van der Waals surface area contributed by atoms with Crippen LogP contribution in [0.2, 0.25) is 0 Å². The van der Waals surface area contributed by atoms with E-state index >= 15 is 0 Å². The van der Waals surface area contributed by atoms with Crippen LogP contribution in [0.4, 0.5) is 5.69 Å². The van der Waals surface area contributed by atoms with Gasteiger partial charge in [0.2, 0.25) is 21.8 Å². The molecule has 0 aliphatic carbocycles. The molecule has 1 fully saturated rings. The molecule has 0 amide bonds. The minimum Gasteiger partial charge on any atom is -0.420 e. The predicted molar refractivity (Wildman–Crippen MR) is 108 cm³/mol. The molecule has 0 saturated carbocycles. The summed E-state index contributed by atoms with van der Waals surface area (Å²) in [5.41, 5.74) is 0.564. The summed E-state index contributed by atoms with van der Waals surface area (Å²) in [7, 11) is -3.48. The molecule has 1 aliphatic heterocycles. The van der Waals surface area contributed by atoms with E-state index in [1.54, 1.807) is 24.3 Å². The Balaban J connectivity index is 1.39. The lowest BCUT2D eigenvalue weighted by Crippen LogP contribution is -2.27. The standard InChI is InChI=1S/C18H17N5O5S2/c24-23(25)14-5-3-13(4-6-14)18-21-20-16(28-18)12-29-17-8-7-15(11-19-17)30(26,27)22-9-1-2-10-22/h3-8,11H,1-2,9-10,12H2. The van der Waals surface area contributed by atoms with Crippen LogP contribution in [0.5, 0.6) is 0 Å². The molecule has 0 unspecified atom stereocenters. The highest BCUT2D eigenvalue weighted by Gasteiger charge is 2.27. The topological polar surface area (TPSA) is 132 Å². The summed E-state index contributed by atoms with van der Waals surface area (Å²) < 4.78 is 32.1. The van der Waals surface area contributed by atoms with E-state index in [9.17, 15) is 18.5 Å². The van der Waals surface area contributed by atoms with Gasteiger partial charge in [-0.2, -0.15) is 4.31 Å². The second kappa shape index (κ2) is 8.50. The number of nitro groups is 1. The third-order valence-corrected chi connectivity index (χ3v) is 7.36. The van der Waals surface area contributed by atoms with Crippen LogP contribution in [-0.2, 0) is 15.8 Å². The van der Waals surface area contributed by atoms with E-state index in [2.05, 4.69) is 15.2 Å². The molecular formula is C18H17N5O5S2. The molecule has 12 heteroatoms. The van der Waals surface area contributed by atoms with Gasteiger partial charge in [0.05, 0.1) is 15.7 Å². The first-order valence-corrected chi connectivity index (χ1v) is 11.5. The van der Waals surface area contributed by atoms with Crippen molar-refractivity contribution in [1.29, 1.82) is 0 Å². The average Bonchev–Trinajstić information content (AvgIpc) is 3.45. The molecule has 0 atom stereocenters. The Kier molecular flexibility index (Phi) is 5.79. The number of non-ortho nitro benzene ring substituents is 1. The fourth-order valence-electron chi connectivity index (χ4n) is 2.97. The summed E-state index contributed by atoms with van der Waals surface area (Å²) in [4.78, 5) is 14.7. The Hall–Kier alpha value is -2.83. The fraction of sp³-hybridized carbons (Fsp3) is 0.278. The molecule has 4 rings (SSSR count). The van der Waals surface area contributed by atoms with Crippen molar-refractivity contribution in [3.63, 3.8) is 0 Å². The predicted octanol–water partition coefficient (Wildman–Crippen LogP) is 3.12. The van der Waals surface area contributed by atoms with Crippen molar-refractivity contribution in [2.75, 3.05) is 13.1 Å². The van der Waals surface area contributed by atoms with Gasteiger partial charge in [-0.15, -0.1) is 10.2 Å². The van der Waals surface area contributed by atoms with Crippen LogP contribution in [0.25, 0.3) is 11.5 Å². The van der Waals surface area contributed by atoms with E-state index in [1.807, 2.05) is 0 Å². The SMILES string of the molecule is O=[N+]([O-])c1ccc(-c2nnc(CSc3ccc(S(=O)(=O)N4CCCC4)cn3)o2)cc1. The zero-order chi connectivity index (χ0) is 21.1. The summed E-state index contributed by atoms with van der Waals surface area (Å²) in [6.07, 6.45) is 3.13. The maximum Gasteiger partial charge on any atom is 0.269 e. The lowest BCUT2D eigenvalue weighted by atomic mass is 10.2. The lowest BCUT2D eigenvalue weighted by molar-refractivity contribution is -0.384. The van der Waals surface area contributed by atoms with Crippen LogP contribution in [-0.4, -0.2) is 45.9 Å². The molecule has 0 N–H and O–H groups in total. The minimum absolute atomic E-state index is 0.0182. The monoisotopic (exact) mass is 447 g/mol. The van der Waals surface area contributed by atoms with Crippen molar-refractivity contribution in [3.8, 4) is 11.5 Å². The zero-order valence-electron chi connectivity index (χ0n) is 15.7. The number of thioether (sulfide) groups is 1. The van der Waals surface area contributed by atoms with Crippen molar-refractivity contribution in [3.05, 3.63) is 58.6 Å². The summed E-state index contributed by atoms with van der Waals surface area (Å²) >= 11 is 1.33. The lowest BCUT2D eigenvalue weighted by Gasteiger charge is -2.15. The highest BCUT2D eigenvalue weighted by molar-refractivity contribution is 7.98. The fourth-order valence-corrected chi connectivity index (χ4v) is 5.11. The molecule has 30 heavy (non-hydrogen) atoms. The molecule has 1 aliphatic rings. The Labute approximate surface area is 176 Å². The van der Waals surface area contributed by atoms with Gasteiger partial charge in [0.1, 0.15) is 4.90 Å². The molecule has 1 aromatic carbocycles. The molecule has 3 aromatic rings. The van der Waals surface area contributed by atoms with Gasteiger partial charge >= 0.3 is 0 Å². The number of sulfonamides is 1. The number of rotatable bonds is 7. The van der Waals surface area contributed by atoms with E-state index in [4.69, 9.17) is 4.42 Å². The smallest absolute Gasteiger partial charge is 0.269 e. The summed E-state index contributed by atoms with van der Waals surface area (Å²) in [5, 5.41) is 19.3. The van der Waals surface area contributed by atoms with Crippen molar-refractivity contribution in [1.82, 2.24) is 19.5 Å². The Morgan fingerprint density at radius 2 is 1.83 bits per heavy atom. The van der Waals surface area contributed by atoms with E-state index in [0.717, 1.165) is 12.8 Å². The number of nitrogens with zero attached hydrogens (tertiary/aromatic N) is 5. The highest BCUT2D eigenvalue weighted by atomic mass is 32.2. The van der Waals surface area contributed by atoms with Gasteiger partial charge < -0.3 is 4.42 Å². The van der Waals surface area contributed by atoms with Gasteiger partial charge in [-0.25, -0.2) is 13.4 Å². The first kappa shape index (κ1) is 20.4. The van der Waals surface area contributed by atoms with Crippen LogP contribution in [0.3, 0.4) is 0 Å². The second-order valence-corrected chi connectivity index (χ2v) is 9.47. The number of benzene rings is 1. The van der Waals surface area contributed by atoms with Gasteiger partial charge in [0, 0.05) is 37.0 Å². The summed E-state index contributed by atoms with van der Waals surface area (Å²) in [6, 6.07) is 9.04. The van der Waals surface area contributed by atoms with E-state index < -0.39 is 14.9 Å². The van der Waals surface area contributed by atoms with E-state index in [-0.39, 0.29) is 16.5 Å². The molecule has 0 bridgehead atoms. The summed E-state index contributed by atoms with van der Waals surface area (Å²) in [6.45, 7) is 1.10. The van der Waals surface area contributed by atoms with E-state index in [0.29, 0.717) is 35.3 Å². The number of pyridine rings is 1. The van der Waals surface area contributed by atoms with Crippen molar-refractivity contribution in [2.24, 2.45) is 0 Å². The molecule has 2 aromatic heterocycles. The first-order chi connectivity index (χ1) is 14.4. The number of aromatic nitrogens is 3. The number of nitro benzene ring substituents is 1. The minimum atomic E-state index is -3.48. The van der Waals surface area contributed by atoms with Crippen LogP contribution in [0.1, 0.15) is 18.7 Å². The Morgan fingerprint density at radius 1 is 1.10 bits per heavy atom. The number of hydrogen-bond donors (Lipinski definition) is 0. The Morgan fingerprint density at radius 3 is 2.47 bits per heavy atom. The molecule has 1 saturated heterocycles. The molecule has 0 spiro atoms. The maximum atomic E-state index is 12.5. The van der Waals surface area contributed by atoms with Gasteiger partial charge in [-0.3, -0.25) is 10.1 Å². The van der Waals surface area contributed by atoms with Gasteiger partial charge in [0.15, 0.2) is 0 Å². The zero-order valence-corrected chi connectivity index (χ0v) is 17.3. The van der Waals surface area contributed by atoms with Crippen LogP contribution < -0.4 is 0 Å². The van der Waals surface area contributed by atoms with Crippen molar-refractivity contribution in [2.45, 2.75) is 28.5 Å². The van der Waals surface area contributed by atoms with Gasteiger partial charge in [0.25, 0.3) is 5.69 Å². The molecular weight excluding hydrogens is 430 g/mol.